The van der Waals surface area contributed by atoms with Crippen LogP contribution in [0.5, 0.6) is 0 Å². The van der Waals surface area contributed by atoms with Crippen LogP contribution in [0.3, 0.4) is 0 Å². The molecule has 0 spiro atoms. The Bertz CT molecular complexity index is 393. The molecule has 1 unspecified atom stereocenters. The Balaban J connectivity index is 2.27. The summed E-state index contributed by atoms with van der Waals surface area (Å²) >= 11 is 0. The molecule has 2 heteroatoms. The molecule has 1 aliphatic heterocycles. The second kappa shape index (κ2) is 3.89. The highest BCUT2D eigenvalue weighted by Crippen LogP contribution is 2.30. The average molecular weight is 201 g/mol. The summed E-state index contributed by atoms with van der Waals surface area (Å²) in [5.41, 5.74) is 3.36. The molecule has 0 bridgehead atoms. The number of nitrogens with one attached hydrogen (secondary N) is 1. The van der Waals surface area contributed by atoms with E-state index in [-0.39, 0.29) is 5.91 Å². The van der Waals surface area contributed by atoms with Crippen molar-refractivity contribution in [3.05, 3.63) is 47.7 Å². The SMILES string of the molecule is C=C1CC(c2ccccc2C)CC(=O)N1. The van der Waals surface area contributed by atoms with E-state index in [1.807, 2.05) is 12.1 Å². The first-order valence-electron chi connectivity index (χ1n) is 5.20. The minimum atomic E-state index is 0.0829. The van der Waals surface area contributed by atoms with Crippen LogP contribution in [0, 0.1) is 6.92 Å². The minimum absolute atomic E-state index is 0.0829. The molecule has 1 N–H and O–H groups in total. The van der Waals surface area contributed by atoms with Crippen molar-refractivity contribution in [3.63, 3.8) is 0 Å². The van der Waals surface area contributed by atoms with E-state index in [4.69, 9.17) is 0 Å². The zero-order valence-corrected chi connectivity index (χ0v) is 8.92. The number of allylic oxidation sites excluding steroid dienone is 1. The molecule has 0 radical (unpaired) electrons. The molecule has 2 nitrogen and oxygen atoms in total. The molecule has 1 aromatic carbocycles. The van der Waals surface area contributed by atoms with Crippen molar-refractivity contribution in [1.82, 2.24) is 5.32 Å². The topological polar surface area (TPSA) is 29.1 Å². The van der Waals surface area contributed by atoms with Crippen molar-refractivity contribution >= 4 is 5.91 Å². The molecule has 1 aromatic rings. The fraction of sp³-hybridized carbons (Fsp3) is 0.308. The smallest absolute Gasteiger partial charge is 0.224 e. The summed E-state index contributed by atoms with van der Waals surface area (Å²) in [7, 11) is 0. The number of carbonyl (C=O) groups is 1. The Morgan fingerprint density at radius 3 is 2.73 bits per heavy atom. The Morgan fingerprint density at radius 2 is 2.07 bits per heavy atom. The molecule has 15 heavy (non-hydrogen) atoms. The molecule has 0 aliphatic carbocycles. The van der Waals surface area contributed by atoms with Crippen molar-refractivity contribution in [3.8, 4) is 0 Å². The van der Waals surface area contributed by atoms with E-state index in [1.165, 1.54) is 11.1 Å². The van der Waals surface area contributed by atoms with Crippen LogP contribution in [0.1, 0.15) is 29.9 Å². The summed E-state index contributed by atoms with van der Waals surface area (Å²) in [6, 6.07) is 8.24. The Kier molecular flexibility index (Phi) is 2.58. The van der Waals surface area contributed by atoms with Crippen molar-refractivity contribution in [2.75, 3.05) is 0 Å². The van der Waals surface area contributed by atoms with E-state index < -0.39 is 0 Å². The number of hydrogen-bond acceptors (Lipinski definition) is 1. The van der Waals surface area contributed by atoms with Crippen LogP contribution in [-0.4, -0.2) is 5.91 Å². The number of carbonyl (C=O) groups excluding carboxylic acids is 1. The molecular formula is C13H15NO. The Labute approximate surface area is 90.0 Å². The van der Waals surface area contributed by atoms with Crippen LogP contribution in [0.4, 0.5) is 0 Å². The van der Waals surface area contributed by atoms with E-state index in [0.717, 1.165) is 12.1 Å². The highest BCUT2D eigenvalue weighted by atomic mass is 16.1. The summed E-state index contributed by atoms with van der Waals surface area (Å²) in [6.45, 7) is 5.93. The van der Waals surface area contributed by atoms with Gasteiger partial charge in [-0.1, -0.05) is 30.8 Å². The molecule has 0 aromatic heterocycles. The van der Waals surface area contributed by atoms with Crippen LogP contribution in [-0.2, 0) is 4.79 Å². The largest absolute Gasteiger partial charge is 0.330 e. The lowest BCUT2D eigenvalue weighted by atomic mass is 9.86. The zero-order chi connectivity index (χ0) is 10.8. The maximum atomic E-state index is 11.4. The van der Waals surface area contributed by atoms with Crippen molar-refractivity contribution in [2.45, 2.75) is 25.7 Å². The first kappa shape index (κ1) is 9.97. The van der Waals surface area contributed by atoms with E-state index in [2.05, 4.69) is 31.0 Å². The molecule has 1 fully saturated rings. The lowest BCUT2D eigenvalue weighted by Gasteiger charge is -2.25. The summed E-state index contributed by atoms with van der Waals surface area (Å²) < 4.78 is 0. The minimum Gasteiger partial charge on any atom is -0.330 e. The molecule has 2 rings (SSSR count). The second-order valence-corrected chi connectivity index (χ2v) is 4.11. The van der Waals surface area contributed by atoms with Gasteiger partial charge in [0.05, 0.1) is 0 Å². The van der Waals surface area contributed by atoms with E-state index >= 15 is 0 Å². The van der Waals surface area contributed by atoms with Crippen molar-refractivity contribution in [2.24, 2.45) is 0 Å². The van der Waals surface area contributed by atoms with Gasteiger partial charge < -0.3 is 5.32 Å². The van der Waals surface area contributed by atoms with Gasteiger partial charge in [-0.25, -0.2) is 0 Å². The third kappa shape index (κ3) is 2.09. The monoisotopic (exact) mass is 201 g/mol. The highest BCUT2D eigenvalue weighted by molar-refractivity contribution is 5.80. The number of piperidine rings is 1. The number of amides is 1. The average Bonchev–Trinajstić information content (AvgIpc) is 2.16. The Morgan fingerprint density at radius 1 is 1.33 bits per heavy atom. The van der Waals surface area contributed by atoms with E-state index in [9.17, 15) is 4.79 Å². The van der Waals surface area contributed by atoms with Gasteiger partial charge in [0.15, 0.2) is 0 Å². The number of aryl methyl sites for hydroxylation is 1. The molecule has 0 saturated carbocycles. The van der Waals surface area contributed by atoms with Gasteiger partial charge in [-0.3, -0.25) is 4.79 Å². The molecule has 1 amide bonds. The van der Waals surface area contributed by atoms with Crippen LogP contribution in [0.2, 0.25) is 0 Å². The predicted molar refractivity (Wildman–Crippen MR) is 60.4 cm³/mol. The molecule has 1 atom stereocenters. The first-order chi connectivity index (χ1) is 7.16. The zero-order valence-electron chi connectivity index (χ0n) is 8.92. The van der Waals surface area contributed by atoms with Gasteiger partial charge in [-0.05, 0) is 30.4 Å². The number of rotatable bonds is 1. The fourth-order valence-corrected chi connectivity index (χ4v) is 2.16. The standard InChI is InChI=1S/C13H15NO/c1-9-5-3-4-6-12(9)11-7-10(2)14-13(15)8-11/h3-6,11H,2,7-8H2,1H3,(H,14,15). The summed E-state index contributed by atoms with van der Waals surface area (Å²) in [5, 5.41) is 2.77. The summed E-state index contributed by atoms with van der Waals surface area (Å²) in [5.74, 6) is 0.381. The third-order valence-corrected chi connectivity index (χ3v) is 2.87. The molecule has 78 valence electrons. The quantitative estimate of drug-likeness (QED) is 0.743. The highest BCUT2D eigenvalue weighted by Gasteiger charge is 2.23. The van der Waals surface area contributed by atoms with Crippen LogP contribution in [0.25, 0.3) is 0 Å². The lowest BCUT2D eigenvalue weighted by molar-refractivity contribution is -0.121. The van der Waals surface area contributed by atoms with Crippen LogP contribution >= 0.6 is 0 Å². The van der Waals surface area contributed by atoms with E-state index in [0.29, 0.717) is 12.3 Å². The molecule has 1 saturated heterocycles. The molecule has 1 aliphatic rings. The second-order valence-electron chi connectivity index (χ2n) is 4.11. The van der Waals surface area contributed by atoms with Crippen molar-refractivity contribution < 1.29 is 4.79 Å². The maximum Gasteiger partial charge on any atom is 0.224 e. The molecule has 1 heterocycles. The number of hydrogen-bond donors (Lipinski definition) is 1. The Hall–Kier alpha value is -1.57. The van der Waals surface area contributed by atoms with E-state index in [1.54, 1.807) is 0 Å². The van der Waals surface area contributed by atoms with Gasteiger partial charge in [0.25, 0.3) is 0 Å². The summed E-state index contributed by atoms with van der Waals surface area (Å²) in [4.78, 5) is 11.4. The van der Waals surface area contributed by atoms with Gasteiger partial charge in [-0.2, -0.15) is 0 Å². The number of benzene rings is 1. The lowest BCUT2D eigenvalue weighted by Crippen LogP contribution is -2.30. The maximum absolute atomic E-state index is 11.4. The van der Waals surface area contributed by atoms with Gasteiger partial charge in [0, 0.05) is 12.1 Å². The summed E-state index contributed by atoms with van der Waals surface area (Å²) in [6.07, 6.45) is 1.43. The van der Waals surface area contributed by atoms with Gasteiger partial charge in [0.1, 0.15) is 0 Å². The first-order valence-corrected chi connectivity index (χ1v) is 5.20. The van der Waals surface area contributed by atoms with Crippen molar-refractivity contribution in [1.29, 1.82) is 0 Å². The predicted octanol–water partition coefficient (Wildman–Crippen LogP) is 2.50. The van der Waals surface area contributed by atoms with Gasteiger partial charge in [0.2, 0.25) is 5.91 Å². The van der Waals surface area contributed by atoms with Crippen LogP contribution < -0.4 is 5.32 Å². The fourth-order valence-electron chi connectivity index (χ4n) is 2.16. The molecular weight excluding hydrogens is 186 g/mol. The normalized spacial score (nSPS) is 21.3. The van der Waals surface area contributed by atoms with Crippen LogP contribution in [0.15, 0.2) is 36.5 Å². The van der Waals surface area contributed by atoms with Gasteiger partial charge >= 0.3 is 0 Å². The third-order valence-electron chi connectivity index (χ3n) is 2.87. The van der Waals surface area contributed by atoms with Gasteiger partial charge in [-0.15, -0.1) is 0 Å².